The number of thiazole rings is 1. The summed E-state index contributed by atoms with van der Waals surface area (Å²) in [7, 11) is 0. The van der Waals surface area contributed by atoms with Gasteiger partial charge in [-0.2, -0.15) is 0 Å². The maximum atomic E-state index is 11.0. The number of rotatable bonds is 4. The highest BCUT2D eigenvalue weighted by molar-refractivity contribution is 7.07. The summed E-state index contributed by atoms with van der Waals surface area (Å²) in [6.45, 7) is 0.739. The van der Waals surface area contributed by atoms with Gasteiger partial charge in [-0.25, -0.2) is 14.8 Å². The van der Waals surface area contributed by atoms with Crippen molar-refractivity contribution >= 4 is 28.3 Å². The Morgan fingerprint density at radius 3 is 3.00 bits per heavy atom. The normalized spacial score (nSPS) is 10.9. The summed E-state index contributed by atoms with van der Waals surface area (Å²) in [5.41, 5.74) is 4.78. The average Bonchev–Trinajstić information content (AvgIpc) is 3.05. The summed E-state index contributed by atoms with van der Waals surface area (Å²) in [6.07, 6.45) is 2.55. The number of hydrogen-bond acceptors (Lipinski definition) is 4. The van der Waals surface area contributed by atoms with Crippen molar-refractivity contribution in [3.05, 3.63) is 46.7 Å². The standard InChI is InChI=1S/C13H11N3O2S/c17-13(18)9-1-2-11-12(5-9)16(7-14-11)4-3-10-6-19-8-15-10/h1-2,5-8H,3-4H2,(H,17,18). The summed E-state index contributed by atoms with van der Waals surface area (Å²) in [6, 6.07) is 4.96. The van der Waals surface area contributed by atoms with Gasteiger partial charge in [0.05, 0.1) is 34.1 Å². The third kappa shape index (κ3) is 2.34. The molecule has 1 aromatic carbocycles. The first-order valence-electron chi connectivity index (χ1n) is 5.79. The fraction of sp³-hybridized carbons (Fsp3) is 0.154. The summed E-state index contributed by atoms with van der Waals surface area (Å²) in [4.78, 5) is 19.5. The first-order chi connectivity index (χ1) is 9.24. The second kappa shape index (κ2) is 4.81. The third-order valence-corrected chi connectivity index (χ3v) is 3.60. The van der Waals surface area contributed by atoms with Gasteiger partial charge in [-0.05, 0) is 18.2 Å². The topological polar surface area (TPSA) is 68.0 Å². The molecule has 0 fully saturated rings. The minimum atomic E-state index is -0.922. The molecule has 0 aliphatic carbocycles. The first-order valence-corrected chi connectivity index (χ1v) is 6.73. The lowest BCUT2D eigenvalue weighted by Gasteiger charge is -2.03. The van der Waals surface area contributed by atoms with Gasteiger partial charge in [0.1, 0.15) is 0 Å². The second-order valence-electron chi connectivity index (χ2n) is 4.18. The number of aromatic nitrogens is 3. The molecule has 0 saturated heterocycles. The van der Waals surface area contributed by atoms with Crippen LogP contribution in [0.1, 0.15) is 16.1 Å². The van der Waals surface area contributed by atoms with Gasteiger partial charge in [-0.15, -0.1) is 11.3 Å². The van der Waals surface area contributed by atoms with Gasteiger partial charge in [0, 0.05) is 18.3 Å². The Bertz CT molecular complexity index is 719. The zero-order chi connectivity index (χ0) is 13.2. The Morgan fingerprint density at radius 2 is 2.26 bits per heavy atom. The quantitative estimate of drug-likeness (QED) is 0.792. The number of carboxylic acids is 1. The number of hydrogen-bond donors (Lipinski definition) is 1. The Labute approximate surface area is 113 Å². The van der Waals surface area contributed by atoms with E-state index in [1.165, 1.54) is 0 Å². The van der Waals surface area contributed by atoms with Crippen LogP contribution in [0.4, 0.5) is 0 Å². The molecule has 0 saturated carbocycles. The van der Waals surface area contributed by atoms with Crippen LogP contribution in [-0.2, 0) is 13.0 Å². The van der Waals surface area contributed by atoms with Crippen molar-refractivity contribution in [1.82, 2.24) is 14.5 Å². The van der Waals surface area contributed by atoms with Gasteiger partial charge in [0.2, 0.25) is 0 Å². The van der Waals surface area contributed by atoms with Crippen LogP contribution in [0.25, 0.3) is 11.0 Å². The molecule has 0 radical (unpaired) electrons. The van der Waals surface area contributed by atoms with Crippen LogP contribution in [0, 0.1) is 0 Å². The molecule has 96 valence electrons. The number of nitrogens with zero attached hydrogens (tertiary/aromatic N) is 3. The molecule has 3 aromatic rings. The zero-order valence-corrected chi connectivity index (χ0v) is 10.8. The Kier molecular flexibility index (Phi) is 3.00. The molecule has 5 nitrogen and oxygen atoms in total. The van der Waals surface area contributed by atoms with Gasteiger partial charge in [0.25, 0.3) is 0 Å². The molecule has 0 atom stereocenters. The van der Waals surface area contributed by atoms with E-state index in [9.17, 15) is 4.79 Å². The molecule has 19 heavy (non-hydrogen) atoms. The molecule has 3 rings (SSSR count). The molecule has 1 N–H and O–H groups in total. The molecule has 2 aromatic heterocycles. The molecule has 0 bridgehead atoms. The molecule has 0 aliphatic heterocycles. The lowest BCUT2D eigenvalue weighted by Crippen LogP contribution is -2.01. The van der Waals surface area contributed by atoms with Crippen molar-refractivity contribution in [3.63, 3.8) is 0 Å². The largest absolute Gasteiger partial charge is 0.478 e. The van der Waals surface area contributed by atoms with Gasteiger partial charge >= 0.3 is 5.97 Å². The van der Waals surface area contributed by atoms with Crippen LogP contribution in [0.15, 0.2) is 35.4 Å². The van der Waals surface area contributed by atoms with Crippen molar-refractivity contribution in [2.75, 3.05) is 0 Å². The van der Waals surface area contributed by atoms with E-state index in [4.69, 9.17) is 5.11 Å². The number of fused-ring (bicyclic) bond motifs is 1. The van der Waals surface area contributed by atoms with Crippen molar-refractivity contribution in [2.45, 2.75) is 13.0 Å². The maximum absolute atomic E-state index is 11.0. The highest BCUT2D eigenvalue weighted by atomic mass is 32.1. The number of aromatic carboxylic acids is 1. The molecule has 0 amide bonds. The van der Waals surface area contributed by atoms with Crippen LogP contribution < -0.4 is 0 Å². The number of aryl methyl sites for hydroxylation is 2. The summed E-state index contributed by atoms with van der Waals surface area (Å²) in [5.74, 6) is -0.922. The smallest absolute Gasteiger partial charge is 0.335 e. The number of carbonyl (C=O) groups is 1. The van der Waals surface area contributed by atoms with Crippen LogP contribution in [0.2, 0.25) is 0 Å². The van der Waals surface area contributed by atoms with E-state index in [0.29, 0.717) is 0 Å². The molecule has 0 aliphatic rings. The predicted octanol–water partition coefficient (Wildman–Crippen LogP) is 2.43. The number of imidazole rings is 1. The van der Waals surface area contributed by atoms with E-state index in [-0.39, 0.29) is 5.56 Å². The number of benzene rings is 1. The van der Waals surface area contributed by atoms with Gasteiger partial charge < -0.3 is 9.67 Å². The van der Waals surface area contributed by atoms with E-state index < -0.39 is 5.97 Å². The maximum Gasteiger partial charge on any atom is 0.335 e. The van der Waals surface area contributed by atoms with Crippen LogP contribution >= 0.6 is 11.3 Å². The molecule has 0 spiro atoms. The predicted molar refractivity (Wildman–Crippen MR) is 72.5 cm³/mol. The number of carboxylic acid groups (broad SMARTS) is 1. The fourth-order valence-electron chi connectivity index (χ4n) is 1.96. The molecule has 6 heteroatoms. The Hall–Kier alpha value is -2.21. The lowest BCUT2D eigenvalue weighted by atomic mass is 10.2. The first kappa shape index (κ1) is 11.9. The zero-order valence-electron chi connectivity index (χ0n) is 9.98. The molecular formula is C13H11N3O2S. The van der Waals surface area contributed by atoms with E-state index >= 15 is 0 Å². The Morgan fingerprint density at radius 1 is 1.37 bits per heavy atom. The molecular weight excluding hydrogens is 262 g/mol. The highest BCUT2D eigenvalue weighted by Crippen LogP contribution is 2.16. The van der Waals surface area contributed by atoms with Gasteiger partial charge in [-0.3, -0.25) is 0 Å². The third-order valence-electron chi connectivity index (χ3n) is 2.96. The summed E-state index contributed by atoms with van der Waals surface area (Å²) < 4.78 is 1.96. The van der Waals surface area contributed by atoms with Crippen LogP contribution in [0.3, 0.4) is 0 Å². The SMILES string of the molecule is O=C(O)c1ccc2ncn(CCc3cscn3)c2c1. The molecule has 0 unspecified atom stereocenters. The van der Waals surface area contributed by atoms with Crippen LogP contribution in [-0.4, -0.2) is 25.6 Å². The van der Waals surface area contributed by atoms with E-state index in [1.54, 1.807) is 35.9 Å². The van der Waals surface area contributed by atoms with Gasteiger partial charge in [-0.1, -0.05) is 0 Å². The summed E-state index contributed by atoms with van der Waals surface area (Å²) in [5, 5.41) is 11.0. The minimum absolute atomic E-state index is 0.280. The fourth-order valence-corrected chi connectivity index (χ4v) is 2.56. The summed E-state index contributed by atoms with van der Waals surface area (Å²) >= 11 is 1.57. The lowest BCUT2D eigenvalue weighted by molar-refractivity contribution is 0.0697. The monoisotopic (exact) mass is 273 g/mol. The van der Waals surface area contributed by atoms with Crippen molar-refractivity contribution in [3.8, 4) is 0 Å². The Balaban J connectivity index is 1.90. The van der Waals surface area contributed by atoms with Crippen molar-refractivity contribution < 1.29 is 9.90 Å². The van der Waals surface area contributed by atoms with E-state index in [2.05, 4.69) is 9.97 Å². The average molecular weight is 273 g/mol. The highest BCUT2D eigenvalue weighted by Gasteiger charge is 2.08. The van der Waals surface area contributed by atoms with Crippen molar-refractivity contribution in [2.24, 2.45) is 0 Å². The minimum Gasteiger partial charge on any atom is -0.478 e. The van der Waals surface area contributed by atoms with Crippen molar-refractivity contribution in [1.29, 1.82) is 0 Å². The van der Waals surface area contributed by atoms with Crippen LogP contribution in [0.5, 0.6) is 0 Å². The molecule has 2 heterocycles. The van der Waals surface area contributed by atoms with Gasteiger partial charge in [0.15, 0.2) is 0 Å². The van der Waals surface area contributed by atoms with E-state index in [0.717, 1.165) is 29.7 Å². The van der Waals surface area contributed by atoms with E-state index in [1.807, 2.05) is 15.5 Å². The second-order valence-corrected chi connectivity index (χ2v) is 4.90.